The fourth-order valence-electron chi connectivity index (χ4n) is 3.73. The highest BCUT2D eigenvalue weighted by Crippen LogP contribution is 2.28. The van der Waals surface area contributed by atoms with Gasteiger partial charge in [0, 0.05) is 16.6 Å². The summed E-state index contributed by atoms with van der Waals surface area (Å²) in [6, 6.07) is 24.5. The second-order valence-electron chi connectivity index (χ2n) is 8.20. The lowest BCUT2D eigenvalue weighted by Crippen LogP contribution is -2.41. The third-order valence-electron chi connectivity index (χ3n) is 5.62. The van der Waals surface area contributed by atoms with E-state index >= 15 is 0 Å². The Labute approximate surface area is 215 Å². The van der Waals surface area contributed by atoms with Crippen molar-refractivity contribution in [2.24, 2.45) is 0 Å². The highest BCUT2D eigenvalue weighted by atomic mass is 32.2. The number of carboxylic acids is 1. The van der Waals surface area contributed by atoms with E-state index in [-0.39, 0.29) is 11.9 Å². The molecule has 35 heavy (non-hydrogen) atoms. The first kappa shape index (κ1) is 26.9. The lowest BCUT2D eigenvalue weighted by atomic mass is 9.97. The van der Waals surface area contributed by atoms with Crippen LogP contribution in [0, 0.1) is 0 Å². The Morgan fingerprint density at radius 1 is 0.943 bits per heavy atom. The minimum Gasteiger partial charge on any atom is -0.480 e. The lowest BCUT2D eigenvalue weighted by molar-refractivity contribution is -0.139. The van der Waals surface area contributed by atoms with E-state index in [9.17, 15) is 19.8 Å². The monoisotopic (exact) mass is 509 g/mol. The molecule has 184 valence electrons. The average Bonchev–Trinajstić information content (AvgIpc) is 2.89. The largest absolute Gasteiger partial charge is 0.480 e. The van der Waals surface area contributed by atoms with Gasteiger partial charge in [0.05, 0.1) is 6.61 Å². The summed E-state index contributed by atoms with van der Waals surface area (Å²) in [6.07, 6.45) is 3.05. The van der Waals surface area contributed by atoms with Crippen LogP contribution in [0.5, 0.6) is 0 Å². The van der Waals surface area contributed by atoms with Crippen molar-refractivity contribution in [2.45, 2.75) is 29.9 Å². The number of benzene rings is 3. The number of thioether (sulfide) groups is 2. The Hall–Kier alpha value is -2.74. The summed E-state index contributed by atoms with van der Waals surface area (Å²) >= 11 is 3.23. The van der Waals surface area contributed by atoms with Crippen molar-refractivity contribution in [3.63, 3.8) is 0 Å². The van der Waals surface area contributed by atoms with E-state index in [1.54, 1.807) is 29.6 Å². The first-order valence-electron chi connectivity index (χ1n) is 11.5. The normalized spacial score (nSPS) is 12.6. The van der Waals surface area contributed by atoms with Crippen molar-refractivity contribution in [3.8, 4) is 11.1 Å². The van der Waals surface area contributed by atoms with Crippen molar-refractivity contribution >= 4 is 35.4 Å². The number of carboxylic acid groups (broad SMARTS) is 1. The molecule has 0 fully saturated rings. The maximum Gasteiger partial charge on any atom is 0.326 e. The first-order chi connectivity index (χ1) is 17.0. The molecule has 3 rings (SSSR count). The average molecular weight is 510 g/mol. The Morgan fingerprint density at radius 2 is 1.63 bits per heavy atom. The van der Waals surface area contributed by atoms with Crippen LogP contribution >= 0.6 is 23.5 Å². The Kier molecular flexibility index (Phi) is 10.7. The maximum absolute atomic E-state index is 13.1. The van der Waals surface area contributed by atoms with Crippen molar-refractivity contribution in [1.82, 2.24) is 5.32 Å². The molecule has 0 radical (unpaired) electrons. The zero-order chi connectivity index (χ0) is 25.0. The third kappa shape index (κ3) is 8.16. The predicted octanol–water partition coefficient (Wildman–Crippen LogP) is 5.13. The zero-order valence-electron chi connectivity index (χ0n) is 19.7. The minimum atomic E-state index is -1.03. The number of aliphatic carboxylic acids is 1. The molecule has 1 amide bonds. The van der Waals surface area contributed by atoms with E-state index < -0.39 is 17.9 Å². The molecule has 2 atom stereocenters. The van der Waals surface area contributed by atoms with Crippen LogP contribution in [0.3, 0.4) is 0 Å². The molecule has 0 heterocycles. The van der Waals surface area contributed by atoms with Gasteiger partial charge in [0.25, 0.3) is 5.91 Å². The lowest BCUT2D eigenvalue weighted by Gasteiger charge is -2.18. The fraction of sp³-hybridized carbons (Fsp3) is 0.286. The molecule has 0 saturated heterocycles. The number of aliphatic hydroxyl groups is 1. The summed E-state index contributed by atoms with van der Waals surface area (Å²) in [5, 5.41) is 22.2. The molecule has 5 nitrogen and oxygen atoms in total. The second-order valence-corrected chi connectivity index (χ2v) is 10.5. The highest BCUT2D eigenvalue weighted by molar-refractivity contribution is 7.99. The first-order valence-corrected chi connectivity index (χ1v) is 13.9. The topological polar surface area (TPSA) is 86.6 Å². The molecule has 0 aliphatic rings. The van der Waals surface area contributed by atoms with Crippen LogP contribution in [0.25, 0.3) is 11.1 Å². The van der Waals surface area contributed by atoms with Crippen LogP contribution < -0.4 is 5.32 Å². The number of hydrogen-bond donors (Lipinski definition) is 3. The number of carbonyl (C=O) groups is 2. The Bertz CT molecular complexity index is 1090. The third-order valence-corrected chi connectivity index (χ3v) is 7.55. The fourth-order valence-corrected chi connectivity index (χ4v) is 5.23. The molecule has 2 unspecified atom stereocenters. The van der Waals surface area contributed by atoms with E-state index in [4.69, 9.17) is 0 Å². The van der Waals surface area contributed by atoms with E-state index in [0.29, 0.717) is 23.5 Å². The quantitative estimate of drug-likeness (QED) is 0.296. The number of aliphatic hydroxyl groups excluding tert-OH is 1. The highest BCUT2D eigenvalue weighted by Gasteiger charge is 2.22. The van der Waals surface area contributed by atoms with Crippen molar-refractivity contribution in [2.75, 3.05) is 18.6 Å². The van der Waals surface area contributed by atoms with Crippen molar-refractivity contribution < 1.29 is 19.8 Å². The second kappa shape index (κ2) is 14.0. The number of nitrogens with one attached hydrogen (secondary N) is 1. The molecule has 3 aromatic rings. The van der Waals surface area contributed by atoms with E-state index in [1.807, 2.05) is 66.9 Å². The molecule has 3 N–H and O–H groups in total. The molecule has 7 heteroatoms. The number of hydrogen-bond acceptors (Lipinski definition) is 5. The smallest absolute Gasteiger partial charge is 0.326 e. The van der Waals surface area contributed by atoms with Gasteiger partial charge in [-0.2, -0.15) is 23.5 Å². The van der Waals surface area contributed by atoms with Gasteiger partial charge in [-0.3, -0.25) is 4.79 Å². The van der Waals surface area contributed by atoms with Gasteiger partial charge in [-0.05, 0) is 59.2 Å². The summed E-state index contributed by atoms with van der Waals surface area (Å²) in [6.45, 7) is 0.0816. The van der Waals surface area contributed by atoms with Crippen LogP contribution in [0.15, 0.2) is 78.9 Å². The number of carbonyl (C=O) groups excluding carboxylic acids is 1. The molecule has 0 bridgehead atoms. The van der Waals surface area contributed by atoms with Crippen LogP contribution in [0.2, 0.25) is 0 Å². The van der Waals surface area contributed by atoms with Gasteiger partial charge < -0.3 is 15.5 Å². The van der Waals surface area contributed by atoms with Crippen molar-refractivity contribution in [1.29, 1.82) is 0 Å². The van der Waals surface area contributed by atoms with Crippen LogP contribution in [-0.2, 0) is 17.0 Å². The van der Waals surface area contributed by atoms with E-state index in [0.717, 1.165) is 23.1 Å². The van der Waals surface area contributed by atoms with Crippen LogP contribution in [0.4, 0.5) is 0 Å². The molecule has 0 aromatic heterocycles. The van der Waals surface area contributed by atoms with Gasteiger partial charge in [-0.1, -0.05) is 66.7 Å². The van der Waals surface area contributed by atoms with Gasteiger partial charge in [0.15, 0.2) is 0 Å². The molecular weight excluding hydrogens is 478 g/mol. The summed E-state index contributed by atoms with van der Waals surface area (Å²) in [5.74, 6) is -0.0943. The predicted molar refractivity (Wildman–Crippen MR) is 146 cm³/mol. The SMILES string of the molecule is CSCCC(NC(=O)c1ccc(CSC(CO)Cc2ccccc2)cc1-c1ccccc1)C(=O)O. The van der Waals surface area contributed by atoms with E-state index in [1.165, 1.54) is 5.56 Å². The summed E-state index contributed by atoms with van der Waals surface area (Å²) in [7, 11) is 0. The van der Waals surface area contributed by atoms with Gasteiger partial charge in [-0.25, -0.2) is 4.79 Å². The summed E-state index contributed by atoms with van der Waals surface area (Å²) < 4.78 is 0. The minimum absolute atomic E-state index is 0.0633. The standard InChI is InChI=1S/C28H31NO4S2/c1-34-15-14-26(28(32)33)29-27(31)24-13-12-21(17-25(24)22-10-6-3-7-11-22)19-35-23(18-30)16-20-8-4-2-5-9-20/h2-13,17,23,26,30H,14-16,18-19H2,1H3,(H,29,31)(H,32,33). The van der Waals surface area contributed by atoms with Gasteiger partial charge in [-0.15, -0.1) is 0 Å². The number of amides is 1. The molecule has 0 spiro atoms. The molecule has 0 aliphatic carbocycles. The van der Waals surface area contributed by atoms with Crippen LogP contribution in [-0.4, -0.2) is 52.0 Å². The molecule has 0 aliphatic heterocycles. The Morgan fingerprint density at radius 3 is 2.26 bits per heavy atom. The molecular formula is C28H31NO4S2. The van der Waals surface area contributed by atoms with Crippen LogP contribution in [0.1, 0.15) is 27.9 Å². The number of rotatable bonds is 13. The molecule has 3 aromatic carbocycles. The zero-order valence-corrected chi connectivity index (χ0v) is 21.4. The van der Waals surface area contributed by atoms with Crippen molar-refractivity contribution in [3.05, 3.63) is 95.6 Å². The van der Waals surface area contributed by atoms with E-state index in [2.05, 4.69) is 17.4 Å². The van der Waals surface area contributed by atoms with Gasteiger partial charge >= 0.3 is 5.97 Å². The summed E-state index contributed by atoms with van der Waals surface area (Å²) in [4.78, 5) is 24.8. The maximum atomic E-state index is 13.1. The van der Waals surface area contributed by atoms with Gasteiger partial charge in [0.1, 0.15) is 6.04 Å². The van der Waals surface area contributed by atoms with Gasteiger partial charge in [0.2, 0.25) is 0 Å². The molecule has 0 saturated carbocycles. The summed E-state index contributed by atoms with van der Waals surface area (Å²) in [5.41, 5.74) is 4.32. The Balaban J connectivity index is 1.80.